The number of methoxy groups -OCH3 is 1. The average Bonchev–Trinajstić information content (AvgIpc) is 3.02. The van der Waals surface area contributed by atoms with Crippen molar-refractivity contribution in [1.82, 2.24) is 0 Å². The van der Waals surface area contributed by atoms with Gasteiger partial charge in [-0.3, -0.25) is 0 Å². The van der Waals surface area contributed by atoms with Crippen molar-refractivity contribution >= 4 is 21.6 Å². The Morgan fingerprint density at radius 2 is 1.67 bits per heavy atom. The van der Waals surface area contributed by atoms with Crippen molar-refractivity contribution in [1.29, 1.82) is 0 Å². The highest BCUT2D eigenvalue weighted by Gasteiger charge is 2.35. The first kappa shape index (κ1) is 15.1. The number of nitrogens with zero attached hydrogens (tertiary/aromatic N) is 1. The third kappa shape index (κ3) is 2.53. The zero-order valence-electron chi connectivity index (χ0n) is 13.1. The number of para-hydroxylation sites is 2. The van der Waals surface area contributed by atoms with E-state index in [1.165, 1.54) is 0 Å². The molecule has 0 saturated heterocycles. The minimum absolute atomic E-state index is 0.0731. The summed E-state index contributed by atoms with van der Waals surface area (Å²) in [5, 5.41) is 1.94. The molecule has 3 nitrogen and oxygen atoms in total. The van der Waals surface area contributed by atoms with Gasteiger partial charge < -0.3 is 9.57 Å². The number of fused-ring (bicyclic) bond motifs is 1. The van der Waals surface area contributed by atoms with Gasteiger partial charge in [0, 0.05) is 15.6 Å². The normalized spacial score (nSPS) is 15.8. The fourth-order valence-electron chi connectivity index (χ4n) is 3.06. The Bertz CT molecular complexity index is 867. The summed E-state index contributed by atoms with van der Waals surface area (Å²) >= 11 is 3.57. The van der Waals surface area contributed by atoms with Gasteiger partial charge in [0.1, 0.15) is 11.8 Å². The molecule has 0 aliphatic carbocycles. The number of halogens is 1. The summed E-state index contributed by atoms with van der Waals surface area (Å²) in [6.45, 7) is 0. The van der Waals surface area contributed by atoms with Crippen LogP contribution in [0.1, 0.15) is 17.2 Å². The fourth-order valence-corrected chi connectivity index (χ4v) is 3.44. The monoisotopic (exact) mass is 381 g/mol. The smallest absolute Gasteiger partial charge is 0.161 e. The van der Waals surface area contributed by atoms with Gasteiger partial charge in [0.2, 0.25) is 0 Å². The van der Waals surface area contributed by atoms with E-state index in [1.54, 1.807) is 7.11 Å². The minimum atomic E-state index is -0.0731. The zero-order valence-corrected chi connectivity index (χ0v) is 14.7. The van der Waals surface area contributed by atoms with E-state index in [9.17, 15) is 0 Å². The molecule has 1 atom stereocenters. The molecule has 0 bridgehead atoms. The molecule has 1 unspecified atom stereocenters. The Balaban J connectivity index is 1.90. The molecular formula is C20H16BrNO2. The predicted molar refractivity (Wildman–Crippen MR) is 98.5 cm³/mol. The van der Waals surface area contributed by atoms with Crippen LogP contribution in [0.5, 0.6) is 11.5 Å². The van der Waals surface area contributed by atoms with Gasteiger partial charge in [-0.25, -0.2) is 0 Å². The van der Waals surface area contributed by atoms with Crippen molar-refractivity contribution in [3.05, 3.63) is 88.4 Å². The summed E-state index contributed by atoms with van der Waals surface area (Å²) in [6, 6.07) is 24.2. The lowest BCUT2D eigenvalue weighted by molar-refractivity contribution is 0.290. The second-order valence-electron chi connectivity index (χ2n) is 5.58. The molecule has 0 saturated carbocycles. The third-order valence-corrected chi connectivity index (χ3v) is 4.64. The lowest BCUT2D eigenvalue weighted by Gasteiger charge is -2.26. The van der Waals surface area contributed by atoms with Crippen molar-refractivity contribution in [2.45, 2.75) is 6.04 Å². The molecule has 120 valence electrons. The third-order valence-electron chi connectivity index (χ3n) is 4.14. The SMILES string of the molecule is COc1ccc(Br)cc1C1c2ccccc2ON1c1ccccc1. The predicted octanol–water partition coefficient (Wildman–Crippen LogP) is 5.36. The van der Waals surface area contributed by atoms with Gasteiger partial charge in [0.25, 0.3) is 0 Å². The van der Waals surface area contributed by atoms with Gasteiger partial charge >= 0.3 is 0 Å². The summed E-state index contributed by atoms with van der Waals surface area (Å²) < 4.78 is 6.62. The molecule has 1 aliphatic rings. The molecule has 3 aromatic rings. The van der Waals surface area contributed by atoms with E-state index < -0.39 is 0 Å². The van der Waals surface area contributed by atoms with Crippen molar-refractivity contribution < 1.29 is 9.57 Å². The van der Waals surface area contributed by atoms with Crippen molar-refractivity contribution in [3.63, 3.8) is 0 Å². The van der Waals surface area contributed by atoms with Crippen molar-refractivity contribution in [2.24, 2.45) is 0 Å². The van der Waals surface area contributed by atoms with Crippen LogP contribution in [0, 0.1) is 0 Å². The van der Waals surface area contributed by atoms with Crippen LogP contribution in [0.4, 0.5) is 5.69 Å². The second kappa shape index (κ2) is 6.21. The molecule has 0 fully saturated rings. The number of hydrogen-bond donors (Lipinski definition) is 0. The standard InChI is InChI=1S/C20H16BrNO2/c1-23-18-12-11-14(21)13-17(18)20-16-9-5-6-10-19(16)24-22(20)15-7-3-2-4-8-15/h2-13,20H,1H3. The summed E-state index contributed by atoms with van der Waals surface area (Å²) in [6.07, 6.45) is 0. The largest absolute Gasteiger partial charge is 0.496 e. The van der Waals surface area contributed by atoms with Crippen LogP contribution in [0.15, 0.2) is 77.3 Å². The first-order valence-corrected chi connectivity index (χ1v) is 8.52. The number of rotatable bonds is 3. The summed E-state index contributed by atoms with van der Waals surface area (Å²) in [5.41, 5.74) is 3.18. The lowest BCUT2D eigenvalue weighted by atomic mass is 9.97. The molecule has 0 amide bonds. The molecule has 4 heteroatoms. The summed E-state index contributed by atoms with van der Waals surface area (Å²) in [7, 11) is 1.70. The van der Waals surface area contributed by atoms with Gasteiger partial charge in [-0.2, -0.15) is 5.06 Å². The Morgan fingerprint density at radius 1 is 0.917 bits per heavy atom. The van der Waals surface area contributed by atoms with Crippen LogP contribution in [0.25, 0.3) is 0 Å². The van der Waals surface area contributed by atoms with Gasteiger partial charge in [-0.15, -0.1) is 0 Å². The van der Waals surface area contributed by atoms with E-state index in [-0.39, 0.29) is 6.04 Å². The molecule has 0 N–H and O–H groups in total. The van der Waals surface area contributed by atoms with Gasteiger partial charge in [-0.1, -0.05) is 52.3 Å². The molecular weight excluding hydrogens is 366 g/mol. The average molecular weight is 382 g/mol. The van der Waals surface area contributed by atoms with Crippen LogP contribution in [-0.4, -0.2) is 7.11 Å². The van der Waals surface area contributed by atoms with E-state index in [2.05, 4.69) is 28.1 Å². The van der Waals surface area contributed by atoms with E-state index in [0.29, 0.717) is 0 Å². The highest BCUT2D eigenvalue weighted by molar-refractivity contribution is 9.10. The Morgan fingerprint density at radius 3 is 2.46 bits per heavy atom. The first-order valence-electron chi connectivity index (χ1n) is 7.72. The first-order chi connectivity index (χ1) is 11.8. The molecule has 1 aliphatic heterocycles. The number of benzene rings is 3. The van der Waals surface area contributed by atoms with Crippen LogP contribution in [0.3, 0.4) is 0 Å². The highest BCUT2D eigenvalue weighted by Crippen LogP contribution is 2.46. The zero-order chi connectivity index (χ0) is 16.5. The highest BCUT2D eigenvalue weighted by atomic mass is 79.9. The number of hydrogen-bond acceptors (Lipinski definition) is 3. The molecule has 0 radical (unpaired) electrons. The maximum atomic E-state index is 6.16. The lowest BCUT2D eigenvalue weighted by Crippen LogP contribution is -2.27. The molecule has 0 aromatic heterocycles. The molecule has 4 rings (SSSR count). The fraction of sp³-hybridized carbons (Fsp3) is 0.100. The number of ether oxygens (including phenoxy) is 1. The Labute approximate surface area is 149 Å². The summed E-state index contributed by atoms with van der Waals surface area (Å²) in [5.74, 6) is 1.71. The summed E-state index contributed by atoms with van der Waals surface area (Å²) in [4.78, 5) is 6.16. The van der Waals surface area contributed by atoms with E-state index in [0.717, 1.165) is 32.8 Å². The van der Waals surface area contributed by atoms with E-state index in [1.807, 2.05) is 65.7 Å². The number of anilines is 1. The van der Waals surface area contributed by atoms with Crippen LogP contribution in [0.2, 0.25) is 0 Å². The van der Waals surface area contributed by atoms with Crippen LogP contribution >= 0.6 is 15.9 Å². The maximum Gasteiger partial charge on any atom is 0.161 e. The maximum absolute atomic E-state index is 6.16. The Hall–Kier alpha value is -2.46. The molecule has 3 aromatic carbocycles. The molecule has 24 heavy (non-hydrogen) atoms. The Kier molecular flexibility index (Phi) is 3.90. The minimum Gasteiger partial charge on any atom is -0.496 e. The van der Waals surface area contributed by atoms with Gasteiger partial charge in [-0.05, 0) is 36.4 Å². The van der Waals surface area contributed by atoms with E-state index in [4.69, 9.17) is 9.57 Å². The topological polar surface area (TPSA) is 21.7 Å². The van der Waals surface area contributed by atoms with Crippen molar-refractivity contribution in [3.8, 4) is 11.5 Å². The van der Waals surface area contributed by atoms with Crippen molar-refractivity contribution in [2.75, 3.05) is 12.2 Å². The molecule has 1 heterocycles. The number of hydroxylamine groups is 1. The van der Waals surface area contributed by atoms with Gasteiger partial charge in [0.15, 0.2) is 5.75 Å². The quantitative estimate of drug-likeness (QED) is 0.609. The van der Waals surface area contributed by atoms with Crippen LogP contribution < -0.4 is 14.6 Å². The van der Waals surface area contributed by atoms with Crippen LogP contribution in [-0.2, 0) is 0 Å². The second-order valence-corrected chi connectivity index (χ2v) is 6.49. The van der Waals surface area contributed by atoms with Gasteiger partial charge in [0.05, 0.1) is 12.8 Å². The van der Waals surface area contributed by atoms with E-state index >= 15 is 0 Å². The molecule has 0 spiro atoms.